The highest BCUT2D eigenvalue weighted by Gasteiger charge is 1.98. The van der Waals surface area contributed by atoms with Gasteiger partial charge in [-0.15, -0.1) is 12.4 Å². The van der Waals surface area contributed by atoms with Gasteiger partial charge in [0.15, 0.2) is 5.17 Å². The second kappa shape index (κ2) is 8.45. The summed E-state index contributed by atoms with van der Waals surface area (Å²) in [6, 6.07) is 13.3. The Morgan fingerprint density at radius 3 is 2.60 bits per heavy atom. The number of amidine groups is 1. The van der Waals surface area contributed by atoms with Gasteiger partial charge in [-0.3, -0.25) is 4.98 Å². The predicted octanol–water partition coefficient (Wildman–Crippen LogP) is 3.39. The Balaban J connectivity index is 0.00000200. The molecule has 0 saturated carbocycles. The van der Waals surface area contributed by atoms with Crippen LogP contribution in [-0.2, 0) is 5.75 Å². The summed E-state index contributed by atoms with van der Waals surface area (Å²) in [7, 11) is 1.63. The molecule has 0 saturated heterocycles. The molecule has 0 unspecified atom stereocenters. The number of halogens is 1. The van der Waals surface area contributed by atoms with Crippen LogP contribution in [0, 0.1) is 0 Å². The fraction of sp³-hybridized carbons (Fsp3) is 0.143. The van der Waals surface area contributed by atoms with E-state index in [2.05, 4.69) is 9.98 Å². The van der Waals surface area contributed by atoms with Gasteiger partial charge in [0.25, 0.3) is 0 Å². The Hall–Kier alpha value is -1.72. The van der Waals surface area contributed by atoms with Crippen molar-refractivity contribution in [3.8, 4) is 5.75 Å². The molecule has 0 aliphatic rings. The lowest BCUT2D eigenvalue weighted by atomic mass is 10.3. The molecule has 0 radical (unpaired) electrons. The fourth-order valence-electron chi connectivity index (χ4n) is 1.45. The number of thioether (sulfide) groups is 1. The molecular weight excluding hydrogens is 294 g/mol. The molecule has 2 rings (SSSR count). The monoisotopic (exact) mass is 309 g/mol. The Kier molecular flexibility index (Phi) is 6.90. The number of nitrogens with two attached hydrogens (primary N) is 1. The van der Waals surface area contributed by atoms with Gasteiger partial charge in [0, 0.05) is 11.9 Å². The van der Waals surface area contributed by atoms with Crippen LogP contribution in [0.5, 0.6) is 5.75 Å². The molecule has 0 aliphatic carbocycles. The smallest absolute Gasteiger partial charge is 0.159 e. The number of aromatic nitrogens is 1. The van der Waals surface area contributed by atoms with E-state index in [4.69, 9.17) is 10.5 Å². The molecule has 0 spiro atoms. The van der Waals surface area contributed by atoms with Crippen LogP contribution in [0.3, 0.4) is 0 Å². The molecule has 0 bridgehead atoms. The van der Waals surface area contributed by atoms with Gasteiger partial charge in [-0.05, 0) is 36.4 Å². The van der Waals surface area contributed by atoms with Crippen molar-refractivity contribution in [2.24, 2.45) is 10.7 Å². The van der Waals surface area contributed by atoms with Gasteiger partial charge in [-0.2, -0.15) is 0 Å². The SMILES string of the molecule is COc1ccc(N=C(N)SCc2ccccn2)cc1.Cl. The summed E-state index contributed by atoms with van der Waals surface area (Å²) in [6.07, 6.45) is 1.77. The summed E-state index contributed by atoms with van der Waals surface area (Å²) in [5.41, 5.74) is 7.68. The summed E-state index contributed by atoms with van der Waals surface area (Å²) in [4.78, 5) is 8.56. The quantitative estimate of drug-likeness (QED) is 0.694. The van der Waals surface area contributed by atoms with Gasteiger partial charge in [-0.25, -0.2) is 4.99 Å². The number of pyridine rings is 1. The zero-order chi connectivity index (χ0) is 13.5. The molecule has 1 heterocycles. The van der Waals surface area contributed by atoms with Crippen LogP contribution in [-0.4, -0.2) is 17.3 Å². The number of hydrogen-bond donors (Lipinski definition) is 1. The topological polar surface area (TPSA) is 60.5 Å². The van der Waals surface area contributed by atoms with E-state index in [0.717, 1.165) is 17.1 Å². The van der Waals surface area contributed by atoms with Crippen molar-refractivity contribution < 1.29 is 4.74 Å². The van der Waals surface area contributed by atoms with Gasteiger partial charge < -0.3 is 10.5 Å². The first-order valence-electron chi connectivity index (χ1n) is 5.79. The maximum Gasteiger partial charge on any atom is 0.159 e. The molecule has 1 aromatic carbocycles. The van der Waals surface area contributed by atoms with Crippen LogP contribution in [0.25, 0.3) is 0 Å². The molecule has 20 heavy (non-hydrogen) atoms. The molecule has 0 aliphatic heterocycles. The summed E-state index contributed by atoms with van der Waals surface area (Å²) < 4.78 is 5.09. The van der Waals surface area contributed by atoms with Gasteiger partial charge in [0.1, 0.15) is 5.75 Å². The highest BCUT2D eigenvalue weighted by atomic mass is 35.5. The van der Waals surface area contributed by atoms with Crippen molar-refractivity contribution >= 4 is 35.0 Å². The Morgan fingerprint density at radius 2 is 2.00 bits per heavy atom. The number of aliphatic imine (C=N–C) groups is 1. The summed E-state index contributed by atoms with van der Waals surface area (Å²) in [5.74, 6) is 1.52. The van der Waals surface area contributed by atoms with E-state index in [1.807, 2.05) is 42.5 Å². The van der Waals surface area contributed by atoms with Gasteiger partial charge in [-0.1, -0.05) is 17.8 Å². The lowest BCUT2D eigenvalue weighted by Gasteiger charge is -2.02. The largest absolute Gasteiger partial charge is 0.497 e. The number of nitrogens with zero attached hydrogens (tertiary/aromatic N) is 2. The minimum absolute atomic E-state index is 0. The van der Waals surface area contributed by atoms with Crippen molar-refractivity contribution in [3.05, 3.63) is 54.4 Å². The van der Waals surface area contributed by atoms with Gasteiger partial charge in [0.2, 0.25) is 0 Å². The van der Waals surface area contributed by atoms with E-state index in [9.17, 15) is 0 Å². The van der Waals surface area contributed by atoms with E-state index < -0.39 is 0 Å². The van der Waals surface area contributed by atoms with Crippen molar-refractivity contribution in [3.63, 3.8) is 0 Å². The van der Waals surface area contributed by atoms with E-state index >= 15 is 0 Å². The van der Waals surface area contributed by atoms with Crippen LogP contribution in [0.2, 0.25) is 0 Å². The van der Waals surface area contributed by atoms with Gasteiger partial charge >= 0.3 is 0 Å². The highest BCUT2D eigenvalue weighted by Crippen LogP contribution is 2.19. The van der Waals surface area contributed by atoms with E-state index in [1.165, 1.54) is 11.8 Å². The third kappa shape index (κ3) is 5.11. The lowest BCUT2D eigenvalue weighted by Crippen LogP contribution is -2.06. The first kappa shape index (κ1) is 16.3. The number of benzene rings is 1. The van der Waals surface area contributed by atoms with Crippen LogP contribution in [0.1, 0.15) is 5.69 Å². The Labute approximate surface area is 128 Å². The maximum atomic E-state index is 5.88. The minimum Gasteiger partial charge on any atom is -0.497 e. The summed E-state index contributed by atoms with van der Waals surface area (Å²) in [5, 5.41) is 0.524. The third-order valence-electron chi connectivity index (χ3n) is 2.41. The maximum absolute atomic E-state index is 5.88. The Morgan fingerprint density at radius 1 is 1.25 bits per heavy atom. The van der Waals surface area contributed by atoms with Crippen molar-refractivity contribution in [2.45, 2.75) is 5.75 Å². The number of hydrogen-bond acceptors (Lipinski definition) is 4. The molecule has 2 N–H and O–H groups in total. The van der Waals surface area contributed by atoms with E-state index in [-0.39, 0.29) is 12.4 Å². The lowest BCUT2D eigenvalue weighted by molar-refractivity contribution is 0.415. The van der Waals surface area contributed by atoms with Crippen molar-refractivity contribution in [2.75, 3.05) is 7.11 Å². The number of ether oxygens (including phenoxy) is 1. The zero-order valence-electron chi connectivity index (χ0n) is 11.0. The molecular formula is C14H16ClN3OS. The first-order chi connectivity index (χ1) is 9.28. The second-order valence-electron chi connectivity index (χ2n) is 3.76. The molecule has 106 valence electrons. The first-order valence-corrected chi connectivity index (χ1v) is 6.77. The normalized spacial score (nSPS) is 10.8. The molecule has 4 nitrogen and oxygen atoms in total. The summed E-state index contributed by atoms with van der Waals surface area (Å²) in [6.45, 7) is 0. The number of rotatable bonds is 4. The van der Waals surface area contributed by atoms with Crippen LogP contribution < -0.4 is 10.5 Å². The average Bonchev–Trinajstić information content (AvgIpc) is 2.47. The molecule has 0 amide bonds. The minimum atomic E-state index is 0. The van der Waals surface area contributed by atoms with E-state index in [0.29, 0.717) is 10.9 Å². The van der Waals surface area contributed by atoms with Crippen LogP contribution >= 0.6 is 24.2 Å². The van der Waals surface area contributed by atoms with Gasteiger partial charge in [0.05, 0.1) is 18.5 Å². The third-order valence-corrected chi connectivity index (χ3v) is 3.23. The second-order valence-corrected chi connectivity index (χ2v) is 4.75. The molecule has 0 fully saturated rings. The Bertz CT molecular complexity index is 546. The van der Waals surface area contributed by atoms with Crippen molar-refractivity contribution in [1.82, 2.24) is 4.98 Å². The molecule has 1 aromatic heterocycles. The van der Waals surface area contributed by atoms with Crippen LogP contribution in [0.15, 0.2) is 53.7 Å². The van der Waals surface area contributed by atoms with Crippen molar-refractivity contribution in [1.29, 1.82) is 0 Å². The standard InChI is InChI=1S/C14H15N3OS.ClH/c1-18-13-7-5-11(6-8-13)17-14(15)19-10-12-4-2-3-9-16-12;/h2-9H,10H2,1H3,(H2,15,17);1H. The zero-order valence-corrected chi connectivity index (χ0v) is 12.7. The predicted molar refractivity (Wildman–Crippen MR) is 87.1 cm³/mol. The number of methoxy groups -OCH3 is 1. The molecule has 0 atom stereocenters. The van der Waals surface area contributed by atoms with Crippen LogP contribution in [0.4, 0.5) is 5.69 Å². The average molecular weight is 310 g/mol. The molecule has 6 heteroatoms. The molecule has 2 aromatic rings. The van der Waals surface area contributed by atoms with E-state index in [1.54, 1.807) is 13.3 Å². The fourth-order valence-corrected chi connectivity index (χ4v) is 2.08. The summed E-state index contributed by atoms with van der Waals surface area (Å²) >= 11 is 1.47. The highest BCUT2D eigenvalue weighted by molar-refractivity contribution is 8.13.